The predicted molar refractivity (Wildman–Crippen MR) is 124 cm³/mol. The SMILES string of the molecule is COc1ccc(C=CC(=O)Nc2cc(S(=O)(=O)Nc3ccc(Cl)cc3)ccc2Cl)cc1. The fraction of sp³-hybridized carbons (Fsp3) is 0.0455. The molecule has 9 heteroatoms. The van der Waals surface area contributed by atoms with E-state index in [9.17, 15) is 13.2 Å². The van der Waals surface area contributed by atoms with Crippen LogP contribution in [0.3, 0.4) is 0 Å². The Morgan fingerprint density at radius 3 is 2.29 bits per heavy atom. The third-order valence-electron chi connectivity index (χ3n) is 4.15. The summed E-state index contributed by atoms with van der Waals surface area (Å²) in [6.45, 7) is 0. The van der Waals surface area contributed by atoms with Crippen molar-refractivity contribution in [1.82, 2.24) is 0 Å². The molecule has 0 radical (unpaired) electrons. The van der Waals surface area contributed by atoms with Gasteiger partial charge >= 0.3 is 0 Å². The minimum Gasteiger partial charge on any atom is -0.497 e. The second kappa shape index (κ2) is 9.87. The molecule has 0 aliphatic carbocycles. The molecule has 0 spiro atoms. The monoisotopic (exact) mass is 476 g/mol. The van der Waals surface area contributed by atoms with E-state index < -0.39 is 15.9 Å². The molecule has 0 unspecified atom stereocenters. The Labute approximate surface area is 190 Å². The second-order valence-electron chi connectivity index (χ2n) is 6.35. The van der Waals surface area contributed by atoms with E-state index in [0.717, 1.165) is 5.56 Å². The van der Waals surface area contributed by atoms with Gasteiger partial charge in [-0.3, -0.25) is 9.52 Å². The maximum Gasteiger partial charge on any atom is 0.261 e. The van der Waals surface area contributed by atoms with Crippen LogP contribution in [0.25, 0.3) is 6.08 Å². The summed E-state index contributed by atoms with van der Waals surface area (Å²) in [6, 6.07) is 17.4. The fourth-order valence-electron chi connectivity index (χ4n) is 2.56. The van der Waals surface area contributed by atoms with E-state index in [0.29, 0.717) is 16.5 Å². The molecular formula is C22H18Cl2N2O4S. The average Bonchev–Trinajstić information content (AvgIpc) is 2.75. The van der Waals surface area contributed by atoms with Crippen LogP contribution in [0.2, 0.25) is 10.0 Å². The van der Waals surface area contributed by atoms with Gasteiger partial charge in [0.1, 0.15) is 5.75 Å². The standard InChI is InChI=1S/C22H18Cl2N2O4S/c1-30-18-9-2-15(3-10-18)4-13-22(27)25-21-14-19(11-12-20(21)24)31(28,29)26-17-7-5-16(23)6-8-17/h2-14,26H,1H3,(H,25,27). The van der Waals surface area contributed by atoms with E-state index in [-0.39, 0.29) is 15.6 Å². The Morgan fingerprint density at radius 1 is 0.968 bits per heavy atom. The Balaban J connectivity index is 1.74. The summed E-state index contributed by atoms with van der Waals surface area (Å²) in [7, 11) is -2.33. The molecule has 31 heavy (non-hydrogen) atoms. The zero-order valence-corrected chi connectivity index (χ0v) is 18.6. The molecule has 1 amide bonds. The Kier molecular flexibility index (Phi) is 7.22. The van der Waals surface area contributed by atoms with Gasteiger partial charge in [-0.15, -0.1) is 0 Å². The Hall–Kier alpha value is -3.00. The lowest BCUT2D eigenvalue weighted by Gasteiger charge is -2.11. The molecule has 0 bridgehead atoms. The van der Waals surface area contributed by atoms with Gasteiger partial charge < -0.3 is 10.1 Å². The summed E-state index contributed by atoms with van der Waals surface area (Å²) in [5, 5.41) is 3.29. The van der Waals surface area contributed by atoms with Crippen LogP contribution >= 0.6 is 23.2 Å². The van der Waals surface area contributed by atoms with Crippen LogP contribution in [0, 0.1) is 0 Å². The lowest BCUT2D eigenvalue weighted by atomic mass is 10.2. The maximum absolute atomic E-state index is 12.7. The second-order valence-corrected chi connectivity index (χ2v) is 8.88. The molecule has 0 saturated heterocycles. The molecule has 0 atom stereocenters. The number of carbonyl (C=O) groups excluding carboxylic acids is 1. The molecule has 3 aromatic rings. The first kappa shape index (κ1) is 22.7. The van der Waals surface area contributed by atoms with Crippen molar-refractivity contribution in [2.45, 2.75) is 4.90 Å². The van der Waals surface area contributed by atoms with E-state index in [1.165, 1.54) is 24.3 Å². The highest BCUT2D eigenvalue weighted by Gasteiger charge is 2.17. The van der Waals surface area contributed by atoms with Crippen molar-refractivity contribution in [1.29, 1.82) is 0 Å². The van der Waals surface area contributed by atoms with Gasteiger partial charge in [-0.1, -0.05) is 35.3 Å². The minimum atomic E-state index is -3.90. The van der Waals surface area contributed by atoms with Gasteiger partial charge in [0.2, 0.25) is 5.91 Å². The van der Waals surface area contributed by atoms with Crippen LogP contribution in [0.1, 0.15) is 5.56 Å². The fourth-order valence-corrected chi connectivity index (χ4v) is 3.94. The van der Waals surface area contributed by atoms with Gasteiger partial charge in [0.05, 0.1) is 22.7 Å². The van der Waals surface area contributed by atoms with Gasteiger partial charge in [-0.05, 0) is 66.2 Å². The zero-order chi connectivity index (χ0) is 22.4. The number of carbonyl (C=O) groups is 1. The molecule has 160 valence electrons. The minimum absolute atomic E-state index is 0.0544. The van der Waals surface area contributed by atoms with Crippen LogP contribution in [-0.2, 0) is 14.8 Å². The van der Waals surface area contributed by atoms with Crippen molar-refractivity contribution >= 4 is 56.6 Å². The number of amides is 1. The van der Waals surface area contributed by atoms with Crippen molar-refractivity contribution in [3.63, 3.8) is 0 Å². The zero-order valence-electron chi connectivity index (χ0n) is 16.3. The number of hydrogen-bond donors (Lipinski definition) is 2. The Bertz CT molecular complexity index is 1210. The highest BCUT2D eigenvalue weighted by atomic mass is 35.5. The van der Waals surface area contributed by atoms with Crippen LogP contribution in [0.4, 0.5) is 11.4 Å². The summed E-state index contributed by atoms with van der Waals surface area (Å²) in [5.74, 6) is 0.247. The number of hydrogen-bond acceptors (Lipinski definition) is 4. The molecule has 6 nitrogen and oxygen atoms in total. The first-order valence-corrected chi connectivity index (χ1v) is 11.2. The summed E-state index contributed by atoms with van der Waals surface area (Å²) in [6.07, 6.45) is 2.94. The van der Waals surface area contributed by atoms with E-state index >= 15 is 0 Å². The molecule has 0 saturated carbocycles. The molecule has 3 rings (SSSR count). The number of methoxy groups -OCH3 is 1. The topological polar surface area (TPSA) is 84.5 Å². The van der Waals surface area contributed by atoms with Crippen molar-refractivity contribution in [3.8, 4) is 5.75 Å². The van der Waals surface area contributed by atoms with Gasteiger partial charge in [-0.2, -0.15) is 0 Å². The third-order valence-corrected chi connectivity index (χ3v) is 6.11. The first-order valence-electron chi connectivity index (χ1n) is 8.98. The number of rotatable bonds is 7. The van der Waals surface area contributed by atoms with Gasteiger partial charge in [0, 0.05) is 16.8 Å². The molecule has 0 fully saturated rings. The van der Waals surface area contributed by atoms with Crippen LogP contribution in [-0.4, -0.2) is 21.4 Å². The van der Waals surface area contributed by atoms with Gasteiger partial charge in [0.25, 0.3) is 10.0 Å². The third kappa shape index (κ3) is 6.24. The average molecular weight is 477 g/mol. The number of anilines is 2. The van der Waals surface area contributed by atoms with E-state index in [4.69, 9.17) is 27.9 Å². The highest BCUT2D eigenvalue weighted by Crippen LogP contribution is 2.27. The largest absolute Gasteiger partial charge is 0.497 e. The number of benzene rings is 3. The number of nitrogens with one attached hydrogen (secondary N) is 2. The molecule has 0 aliphatic rings. The van der Waals surface area contributed by atoms with E-state index in [2.05, 4.69) is 10.0 Å². The molecular weight excluding hydrogens is 459 g/mol. The van der Waals surface area contributed by atoms with Crippen molar-refractivity contribution < 1.29 is 17.9 Å². The summed E-state index contributed by atoms with van der Waals surface area (Å²) in [5.41, 5.74) is 1.32. The number of halogens is 2. The Morgan fingerprint density at radius 2 is 1.65 bits per heavy atom. The number of sulfonamides is 1. The molecule has 0 aromatic heterocycles. The van der Waals surface area contributed by atoms with Crippen molar-refractivity contribution in [3.05, 3.63) is 88.4 Å². The highest BCUT2D eigenvalue weighted by molar-refractivity contribution is 7.92. The van der Waals surface area contributed by atoms with Crippen molar-refractivity contribution in [2.24, 2.45) is 0 Å². The summed E-state index contributed by atoms with van der Waals surface area (Å²) in [4.78, 5) is 12.2. The van der Waals surface area contributed by atoms with Crippen molar-refractivity contribution in [2.75, 3.05) is 17.1 Å². The first-order chi connectivity index (χ1) is 14.8. The van der Waals surface area contributed by atoms with Crippen LogP contribution in [0.15, 0.2) is 77.7 Å². The van der Waals surface area contributed by atoms with E-state index in [1.807, 2.05) is 0 Å². The summed E-state index contributed by atoms with van der Waals surface area (Å²) < 4.78 is 32.9. The van der Waals surface area contributed by atoms with Crippen LogP contribution in [0.5, 0.6) is 5.75 Å². The quantitative estimate of drug-likeness (QED) is 0.443. The van der Waals surface area contributed by atoms with Gasteiger partial charge in [-0.25, -0.2) is 8.42 Å². The van der Waals surface area contributed by atoms with Crippen LogP contribution < -0.4 is 14.8 Å². The smallest absolute Gasteiger partial charge is 0.261 e. The molecule has 0 aliphatic heterocycles. The van der Waals surface area contributed by atoms with Gasteiger partial charge in [0.15, 0.2) is 0 Å². The predicted octanol–water partition coefficient (Wildman–Crippen LogP) is 5.45. The van der Waals surface area contributed by atoms with E-state index in [1.54, 1.807) is 61.7 Å². The molecule has 0 heterocycles. The number of ether oxygens (including phenoxy) is 1. The normalized spacial score (nSPS) is 11.3. The lowest BCUT2D eigenvalue weighted by molar-refractivity contribution is -0.111. The maximum atomic E-state index is 12.7. The summed E-state index contributed by atoms with van der Waals surface area (Å²) >= 11 is 12.0. The molecule has 3 aromatic carbocycles. The molecule has 2 N–H and O–H groups in total. The lowest BCUT2D eigenvalue weighted by Crippen LogP contribution is -2.14.